The molecule has 0 aliphatic carbocycles. The number of aromatic nitrogens is 1. The molecule has 2 nitrogen and oxygen atoms in total. The molecule has 0 radical (unpaired) electrons. The van der Waals surface area contributed by atoms with E-state index in [1.54, 1.807) is 6.20 Å². The first kappa shape index (κ1) is 10.5. The summed E-state index contributed by atoms with van der Waals surface area (Å²) < 4.78 is 1.01. The lowest BCUT2D eigenvalue weighted by atomic mass is 10.0. The van der Waals surface area contributed by atoms with Crippen LogP contribution in [0.25, 0.3) is 0 Å². The Morgan fingerprint density at radius 3 is 2.62 bits per heavy atom. The summed E-state index contributed by atoms with van der Waals surface area (Å²) in [6, 6.07) is 3.96. The third-order valence-corrected chi connectivity index (χ3v) is 2.55. The van der Waals surface area contributed by atoms with Crippen LogP contribution < -0.4 is 5.32 Å². The second-order valence-corrected chi connectivity index (χ2v) is 4.64. The quantitative estimate of drug-likeness (QED) is 0.879. The van der Waals surface area contributed by atoms with Crippen LogP contribution >= 0.6 is 15.9 Å². The van der Waals surface area contributed by atoms with E-state index in [4.69, 9.17) is 0 Å². The van der Waals surface area contributed by atoms with Gasteiger partial charge in [-0.05, 0) is 48.3 Å². The number of nitrogens with one attached hydrogen (secondary N) is 1. The fraction of sp³-hybridized carbons (Fsp3) is 0.500. The molecule has 0 bridgehead atoms. The average molecular weight is 243 g/mol. The molecule has 1 N–H and O–H groups in total. The molecule has 0 aliphatic rings. The Kier molecular flexibility index (Phi) is 3.31. The van der Waals surface area contributed by atoms with Gasteiger partial charge in [0.2, 0.25) is 0 Å². The van der Waals surface area contributed by atoms with Crippen LogP contribution in [0.1, 0.15) is 27.2 Å². The summed E-state index contributed by atoms with van der Waals surface area (Å²) in [5.41, 5.74) is 0.112. The van der Waals surface area contributed by atoms with Crippen molar-refractivity contribution in [3.05, 3.63) is 22.8 Å². The van der Waals surface area contributed by atoms with E-state index in [9.17, 15) is 0 Å². The summed E-state index contributed by atoms with van der Waals surface area (Å²) in [4.78, 5) is 4.25. The molecule has 1 aromatic heterocycles. The summed E-state index contributed by atoms with van der Waals surface area (Å²) in [5.74, 6) is 0.926. The van der Waals surface area contributed by atoms with Crippen LogP contribution in [0.4, 0.5) is 5.82 Å². The van der Waals surface area contributed by atoms with Crippen molar-refractivity contribution in [2.75, 3.05) is 5.32 Å². The molecule has 3 heteroatoms. The topological polar surface area (TPSA) is 24.9 Å². The molecule has 0 amide bonds. The lowest BCUT2D eigenvalue weighted by molar-refractivity contribution is 0.545. The van der Waals surface area contributed by atoms with E-state index in [-0.39, 0.29) is 5.54 Å². The Hall–Kier alpha value is -0.570. The third-order valence-electron chi connectivity index (χ3n) is 2.08. The molecule has 0 saturated heterocycles. The number of hydrogen-bond donors (Lipinski definition) is 1. The molecule has 0 fully saturated rings. The van der Waals surface area contributed by atoms with Crippen molar-refractivity contribution in [1.29, 1.82) is 0 Å². The number of nitrogens with zero attached hydrogens (tertiary/aromatic N) is 1. The molecule has 0 unspecified atom stereocenters. The fourth-order valence-corrected chi connectivity index (χ4v) is 1.12. The predicted octanol–water partition coefficient (Wildman–Crippen LogP) is 3.44. The van der Waals surface area contributed by atoms with Crippen LogP contribution in [0.5, 0.6) is 0 Å². The van der Waals surface area contributed by atoms with Gasteiger partial charge < -0.3 is 5.32 Å². The molecule has 0 atom stereocenters. The maximum Gasteiger partial charge on any atom is 0.126 e. The Labute approximate surface area is 87.9 Å². The van der Waals surface area contributed by atoms with Crippen molar-refractivity contribution >= 4 is 21.7 Å². The van der Waals surface area contributed by atoms with Crippen LogP contribution in [-0.4, -0.2) is 10.5 Å². The van der Waals surface area contributed by atoms with Crippen molar-refractivity contribution in [1.82, 2.24) is 4.98 Å². The highest BCUT2D eigenvalue weighted by Gasteiger charge is 2.14. The van der Waals surface area contributed by atoms with Gasteiger partial charge in [-0.1, -0.05) is 6.92 Å². The molecule has 0 aromatic carbocycles. The van der Waals surface area contributed by atoms with Crippen molar-refractivity contribution in [2.45, 2.75) is 32.7 Å². The molecule has 0 saturated carbocycles. The summed E-state index contributed by atoms with van der Waals surface area (Å²) in [6.07, 6.45) is 2.87. The molecule has 13 heavy (non-hydrogen) atoms. The first-order valence-electron chi connectivity index (χ1n) is 4.43. The van der Waals surface area contributed by atoms with E-state index >= 15 is 0 Å². The standard InChI is InChI=1S/C10H15BrN2/c1-4-10(2,3)13-9-6-5-8(11)7-12-9/h5-7H,4H2,1-3H3,(H,12,13). The second-order valence-electron chi connectivity index (χ2n) is 3.72. The van der Waals surface area contributed by atoms with Crippen LogP contribution in [0, 0.1) is 0 Å². The molecule has 1 rings (SSSR count). The Morgan fingerprint density at radius 2 is 2.15 bits per heavy atom. The van der Waals surface area contributed by atoms with E-state index in [1.807, 2.05) is 12.1 Å². The molecule has 72 valence electrons. The SMILES string of the molecule is CCC(C)(C)Nc1ccc(Br)cn1. The minimum absolute atomic E-state index is 0.112. The minimum atomic E-state index is 0.112. The van der Waals surface area contributed by atoms with Gasteiger partial charge in [-0.2, -0.15) is 0 Å². The van der Waals surface area contributed by atoms with Gasteiger partial charge in [0.15, 0.2) is 0 Å². The molecular formula is C10H15BrN2. The highest BCUT2D eigenvalue weighted by Crippen LogP contribution is 2.17. The summed E-state index contributed by atoms with van der Waals surface area (Å²) in [6.45, 7) is 6.49. The smallest absolute Gasteiger partial charge is 0.126 e. The van der Waals surface area contributed by atoms with Crippen molar-refractivity contribution in [3.8, 4) is 0 Å². The summed E-state index contributed by atoms with van der Waals surface area (Å²) in [7, 11) is 0. The monoisotopic (exact) mass is 242 g/mol. The third kappa shape index (κ3) is 3.35. The number of anilines is 1. The van der Waals surface area contributed by atoms with Crippen LogP contribution in [0.15, 0.2) is 22.8 Å². The zero-order chi connectivity index (χ0) is 9.90. The van der Waals surface area contributed by atoms with E-state index in [1.165, 1.54) is 0 Å². The number of pyridine rings is 1. The van der Waals surface area contributed by atoms with Gasteiger partial charge in [0.25, 0.3) is 0 Å². The van der Waals surface area contributed by atoms with Crippen molar-refractivity contribution in [3.63, 3.8) is 0 Å². The van der Waals surface area contributed by atoms with Gasteiger partial charge >= 0.3 is 0 Å². The van der Waals surface area contributed by atoms with Crippen LogP contribution in [-0.2, 0) is 0 Å². The predicted molar refractivity (Wildman–Crippen MR) is 59.9 cm³/mol. The molecule has 1 heterocycles. The maximum atomic E-state index is 4.25. The highest BCUT2D eigenvalue weighted by molar-refractivity contribution is 9.10. The highest BCUT2D eigenvalue weighted by atomic mass is 79.9. The Balaban J connectivity index is 2.69. The van der Waals surface area contributed by atoms with Crippen LogP contribution in [0.2, 0.25) is 0 Å². The zero-order valence-corrected chi connectivity index (χ0v) is 9.85. The van der Waals surface area contributed by atoms with Gasteiger partial charge in [-0.15, -0.1) is 0 Å². The van der Waals surface area contributed by atoms with Gasteiger partial charge in [-0.25, -0.2) is 4.98 Å². The molecule has 1 aromatic rings. The number of halogens is 1. The lowest BCUT2D eigenvalue weighted by Gasteiger charge is -2.25. The van der Waals surface area contributed by atoms with Crippen LogP contribution in [0.3, 0.4) is 0 Å². The van der Waals surface area contributed by atoms with E-state index in [0.29, 0.717) is 0 Å². The summed E-state index contributed by atoms with van der Waals surface area (Å²) >= 11 is 3.35. The fourth-order valence-electron chi connectivity index (χ4n) is 0.885. The number of hydrogen-bond acceptors (Lipinski definition) is 2. The van der Waals surface area contributed by atoms with Gasteiger partial charge in [0.1, 0.15) is 5.82 Å². The number of rotatable bonds is 3. The molecule has 0 spiro atoms. The van der Waals surface area contributed by atoms with E-state index in [2.05, 4.69) is 47.0 Å². The van der Waals surface area contributed by atoms with Crippen molar-refractivity contribution in [2.24, 2.45) is 0 Å². The minimum Gasteiger partial charge on any atom is -0.365 e. The van der Waals surface area contributed by atoms with Crippen molar-refractivity contribution < 1.29 is 0 Å². The molecular weight excluding hydrogens is 228 g/mol. The zero-order valence-electron chi connectivity index (χ0n) is 8.26. The molecule has 0 aliphatic heterocycles. The normalized spacial score (nSPS) is 11.4. The first-order chi connectivity index (χ1) is 6.03. The van der Waals surface area contributed by atoms with E-state index < -0.39 is 0 Å². The van der Waals surface area contributed by atoms with Gasteiger partial charge in [-0.3, -0.25) is 0 Å². The Morgan fingerprint density at radius 1 is 1.46 bits per heavy atom. The van der Waals surface area contributed by atoms with E-state index in [0.717, 1.165) is 16.7 Å². The lowest BCUT2D eigenvalue weighted by Crippen LogP contribution is -2.29. The van der Waals surface area contributed by atoms with Gasteiger partial charge in [0, 0.05) is 16.2 Å². The average Bonchev–Trinajstić information content (AvgIpc) is 2.09. The van der Waals surface area contributed by atoms with Gasteiger partial charge in [0.05, 0.1) is 0 Å². The first-order valence-corrected chi connectivity index (χ1v) is 5.22. The Bertz CT molecular complexity index is 267. The summed E-state index contributed by atoms with van der Waals surface area (Å²) in [5, 5.41) is 3.36. The maximum absolute atomic E-state index is 4.25. The largest absolute Gasteiger partial charge is 0.365 e. The second kappa shape index (κ2) is 4.09.